The summed E-state index contributed by atoms with van der Waals surface area (Å²) in [5.74, 6) is -1.12. The van der Waals surface area contributed by atoms with Crippen molar-refractivity contribution in [3.63, 3.8) is 0 Å². The van der Waals surface area contributed by atoms with Crippen LogP contribution in [0.4, 0.5) is 0 Å². The van der Waals surface area contributed by atoms with E-state index >= 15 is 0 Å². The summed E-state index contributed by atoms with van der Waals surface area (Å²) in [7, 11) is -1.58. The minimum Gasteiger partial charge on any atom is -0.452 e. The maximum Gasteiger partial charge on any atom is 0.331 e. The second-order valence-electron chi connectivity index (χ2n) is 5.68. The SMILES string of the molecule is CN(C(=O)COC(=O)/C=C/c1ccc(Cl)c(Cl)c1)[C@H]1CCS(=O)(=O)C1. The van der Waals surface area contributed by atoms with Crippen molar-refractivity contribution in [2.75, 3.05) is 25.2 Å². The molecule has 0 aromatic heterocycles. The first-order chi connectivity index (χ1) is 11.7. The summed E-state index contributed by atoms with van der Waals surface area (Å²) in [6, 6.07) is 4.50. The number of carbonyl (C=O) groups is 2. The summed E-state index contributed by atoms with van der Waals surface area (Å²) >= 11 is 11.7. The van der Waals surface area contributed by atoms with Crippen LogP contribution in [0, 0.1) is 0 Å². The number of hydrogen-bond acceptors (Lipinski definition) is 5. The molecule has 136 valence electrons. The lowest BCUT2D eigenvalue weighted by atomic mass is 10.2. The third-order valence-corrected chi connectivity index (χ3v) is 6.33. The molecule has 0 aliphatic carbocycles. The number of ether oxygens (including phenoxy) is 1. The highest BCUT2D eigenvalue weighted by Gasteiger charge is 2.32. The number of nitrogens with zero attached hydrogens (tertiary/aromatic N) is 1. The van der Waals surface area contributed by atoms with Crippen molar-refractivity contribution in [3.8, 4) is 0 Å². The molecule has 0 N–H and O–H groups in total. The van der Waals surface area contributed by atoms with Gasteiger partial charge in [0.15, 0.2) is 16.4 Å². The van der Waals surface area contributed by atoms with E-state index in [9.17, 15) is 18.0 Å². The van der Waals surface area contributed by atoms with Gasteiger partial charge in [-0.25, -0.2) is 13.2 Å². The van der Waals surface area contributed by atoms with Crippen molar-refractivity contribution in [3.05, 3.63) is 39.9 Å². The quantitative estimate of drug-likeness (QED) is 0.553. The van der Waals surface area contributed by atoms with Gasteiger partial charge in [-0.15, -0.1) is 0 Å². The summed E-state index contributed by atoms with van der Waals surface area (Å²) in [4.78, 5) is 25.0. The zero-order chi connectivity index (χ0) is 18.6. The molecule has 1 aromatic rings. The second kappa shape index (κ2) is 8.21. The van der Waals surface area contributed by atoms with Gasteiger partial charge in [0.1, 0.15) is 0 Å². The number of esters is 1. The number of carbonyl (C=O) groups excluding carboxylic acids is 2. The molecule has 0 unspecified atom stereocenters. The largest absolute Gasteiger partial charge is 0.452 e. The molecule has 1 aliphatic rings. The highest BCUT2D eigenvalue weighted by Crippen LogP contribution is 2.23. The Morgan fingerprint density at radius 2 is 2.04 bits per heavy atom. The van der Waals surface area contributed by atoms with Crippen molar-refractivity contribution >= 4 is 51.0 Å². The summed E-state index contributed by atoms with van der Waals surface area (Å²) in [6.45, 7) is -0.447. The van der Waals surface area contributed by atoms with Crippen molar-refractivity contribution in [1.82, 2.24) is 4.90 Å². The highest BCUT2D eigenvalue weighted by molar-refractivity contribution is 7.91. The number of amides is 1. The average molecular weight is 406 g/mol. The molecule has 1 amide bonds. The second-order valence-corrected chi connectivity index (χ2v) is 8.72. The lowest BCUT2D eigenvalue weighted by Gasteiger charge is -2.22. The van der Waals surface area contributed by atoms with Crippen LogP contribution in [-0.2, 0) is 24.2 Å². The average Bonchev–Trinajstić information content (AvgIpc) is 2.92. The van der Waals surface area contributed by atoms with Crippen LogP contribution in [0.1, 0.15) is 12.0 Å². The normalized spacial score (nSPS) is 19.1. The van der Waals surface area contributed by atoms with Crippen LogP contribution < -0.4 is 0 Å². The predicted octanol–water partition coefficient (Wildman–Crippen LogP) is 2.20. The van der Waals surface area contributed by atoms with E-state index in [1.165, 1.54) is 24.1 Å². The van der Waals surface area contributed by atoms with E-state index in [0.29, 0.717) is 22.0 Å². The van der Waals surface area contributed by atoms with Crippen molar-refractivity contribution in [2.24, 2.45) is 0 Å². The molecule has 1 atom stereocenters. The smallest absolute Gasteiger partial charge is 0.331 e. The molecule has 0 spiro atoms. The fourth-order valence-electron chi connectivity index (χ4n) is 2.35. The van der Waals surface area contributed by atoms with Gasteiger partial charge in [0, 0.05) is 19.2 Å². The molecule has 0 saturated carbocycles. The maximum atomic E-state index is 12.0. The number of likely N-dealkylation sites (N-methyl/N-ethyl adjacent to an activating group) is 1. The van der Waals surface area contributed by atoms with Gasteiger partial charge in [0.25, 0.3) is 5.91 Å². The van der Waals surface area contributed by atoms with E-state index in [1.807, 2.05) is 0 Å². The summed E-state index contributed by atoms with van der Waals surface area (Å²) < 4.78 is 27.8. The number of rotatable bonds is 5. The Labute approximate surface area is 156 Å². The van der Waals surface area contributed by atoms with Gasteiger partial charge in [0.2, 0.25) is 0 Å². The van der Waals surface area contributed by atoms with Gasteiger partial charge in [0.05, 0.1) is 21.6 Å². The highest BCUT2D eigenvalue weighted by atomic mass is 35.5. The first-order valence-electron chi connectivity index (χ1n) is 7.44. The Balaban J connectivity index is 1.83. The van der Waals surface area contributed by atoms with Crippen LogP contribution in [0.3, 0.4) is 0 Å². The molecule has 1 aliphatic heterocycles. The molecule has 1 saturated heterocycles. The molecule has 1 aromatic carbocycles. The fraction of sp³-hybridized carbons (Fsp3) is 0.375. The van der Waals surface area contributed by atoms with E-state index in [4.69, 9.17) is 27.9 Å². The zero-order valence-corrected chi connectivity index (χ0v) is 15.8. The van der Waals surface area contributed by atoms with Crippen molar-refractivity contribution < 1.29 is 22.7 Å². The standard InChI is InChI=1S/C16H17Cl2NO5S/c1-19(12-6-7-25(22,23)10-12)15(20)9-24-16(21)5-3-11-2-4-13(17)14(18)8-11/h2-5,8,12H,6-7,9-10H2,1H3/b5-3+/t12-/m0/s1. The molecule has 25 heavy (non-hydrogen) atoms. The van der Waals surface area contributed by atoms with Gasteiger partial charge in [-0.2, -0.15) is 0 Å². The Kier molecular flexibility index (Phi) is 6.48. The minimum absolute atomic E-state index is 0.0551. The molecular formula is C16H17Cl2NO5S. The number of halogens is 2. The van der Waals surface area contributed by atoms with Crippen LogP contribution in [0.25, 0.3) is 6.08 Å². The summed E-state index contributed by atoms with van der Waals surface area (Å²) in [5.41, 5.74) is 0.658. The van der Waals surface area contributed by atoms with Crippen molar-refractivity contribution in [2.45, 2.75) is 12.5 Å². The summed E-state index contributed by atoms with van der Waals surface area (Å²) in [5, 5.41) is 0.768. The van der Waals surface area contributed by atoms with E-state index in [0.717, 1.165) is 0 Å². The fourth-order valence-corrected chi connectivity index (χ4v) is 4.43. The molecule has 9 heteroatoms. The van der Waals surface area contributed by atoms with Crippen LogP contribution in [0.5, 0.6) is 0 Å². The lowest BCUT2D eigenvalue weighted by Crippen LogP contribution is -2.40. The van der Waals surface area contributed by atoms with E-state index in [-0.39, 0.29) is 17.5 Å². The number of hydrogen-bond donors (Lipinski definition) is 0. The Morgan fingerprint density at radius 3 is 2.64 bits per heavy atom. The van der Waals surface area contributed by atoms with Crippen LogP contribution in [-0.4, -0.2) is 56.4 Å². The minimum atomic E-state index is -3.08. The molecule has 6 nitrogen and oxygen atoms in total. The van der Waals surface area contributed by atoms with Gasteiger partial charge in [-0.3, -0.25) is 4.79 Å². The van der Waals surface area contributed by atoms with Gasteiger partial charge >= 0.3 is 5.97 Å². The number of sulfone groups is 1. The van der Waals surface area contributed by atoms with Crippen LogP contribution in [0.2, 0.25) is 10.0 Å². The van der Waals surface area contributed by atoms with Crippen molar-refractivity contribution in [1.29, 1.82) is 0 Å². The Bertz CT molecular complexity index is 807. The molecule has 0 radical (unpaired) electrons. The topological polar surface area (TPSA) is 80.8 Å². The first-order valence-corrected chi connectivity index (χ1v) is 10.0. The molecule has 1 heterocycles. The number of benzene rings is 1. The Hall–Kier alpha value is -1.57. The van der Waals surface area contributed by atoms with Gasteiger partial charge in [-0.1, -0.05) is 29.3 Å². The first kappa shape index (κ1) is 19.8. The maximum absolute atomic E-state index is 12.0. The zero-order valence-electron chi connectivity index (χ0n) is 13.4. The summed E-state index contributed by atoms with van der Waals surface area (Å²) in [6.07, 6.45) is 3.06. The molecular weight excluding hydrogens is 389 g/mol. The lowest BCUT2D eigenvalue weighted by molar-refractivity contribution is -0.148. The van der Waals surface area contributed by atoms with E-state index < -0.39 is 28.3 Å². The van der Waals surface area contributed by atoms with Gasteiger partial charge < -0.3 is 9.64 Å². The predicted molar refractivity (Wildman–Crippen MR) is 96.3 cm³/mol. The molecule has 2 rings (SSSR count). The Morgan fingerprint density at radius 1 is 1.32 bits per heavy atom. The third kappa shape index (κ3) is 5.73. The van der Waals surface area contributed by atoms with E-state index in [1.54, 1.807) is 18.2 Å². The third-order valence-electron chi connectivity index (χ3n) is 3.84. The molecule has 0 bridgehead atoms. The van der Waals surface area contributed by atoms with E-state index in [2.05, 4.69) is 0 Å². The monoisotopic (exact) mass is 405 g/mol. The molecule has 1 fully saturated rings. The van der Waals surface area contributed by atoms with Crippen LogP contribution >= 0.6 is 23.2 Å². The van der Waals surface area contributed by atoms with Crippen LogP contribution in [0.15, 0.2) is 24.3 Å². The van der Waals surface area contributed by atoms with Gasteiger partial charge in [-0.05, 0) is 30.2 Å².